The van der Waals surface area contributed by atoms with Crippen molar-refractivity contribution < 1.29 is 9.59 Å². The van der Waals surface area contributed by atoms with Gasteiger partial charge in [-0.2, -0.15) is 0 Å². The first-order chi connectivity index (χ1) is 11.9. The Bertz CT molecular complexity index is 834. The summed E-state index contributed by atoms with van der Waals surface area (Å²) >= 11 is 6.19. The normalized spacial score (nSPS) is 17.8. The summed E-state index contributed by atoms with van der Waals surface area (Å²) in [6, 6.07) is 12.5. The molecule has 2 aromatic rings. The fourth-order valence-electron chi connectivity index (χ4n) is 3.24. The molecular weight excluding hydrogens is 336 g/mol. The predicted octanol–water partition coefficient (Wildman–Crippen LogP) is 3.83. The number of carbonyl (C=O) groups excluding carboxylic acids is 2. The Hall–Kier alpha value is -2.33. The zero-order valence-electron chi connectivity index (χ0n) is 14.6. The molecule has 5 heteroatoms. The van der Waals surface area contributed by atoms with Crippen LogP contribution in [0.25, 0.3) is 0 Å². The van der Waals surface area contributed by atoms with Crippen LogP contribution >= 0.6 is 11.6 Å². The topological polar surface area (TPSA) is 40.6 Å². The van der Waals surface area contributed by atoms with Crippen molar-refractivity contribution in [3.63, 3.8) is 0 Å². The van der Waals surface area contributed by atoms with Gasteiger partial charge in [-0.3, -0.25) is 9.59 Å². The average Bonchev–Trinajstić information content (AvgIpc) is 2.60. The van der Waals surface area contributed by atoms with E-state index in [9.17, 15) is 9.59 Å². The molecule has 0 aromatic heterocycles. The van der Waals surface area contributed by atoms with E-state index in [1.165, 1.54) is 0 Å². The first-order valence-corrected chi connectivity index (χ1v) is 8.72. The number of rotatable bonds is 2. The summed E-state index contributed by atoms with van der Waals surface area (Å²) in [7, 11) is 0. The number of aryl methyl sites for hydroxylation is 1. The van der Waals surface area contributed by atoms with Gasteiger partial charge >= 0.3 is 0 Å². The Morgan fingerprint density at radius 2 is 1.80 bits per heavy atom. The lowest BCUT2D eigenvalue weighted by Crippen LogP contribution is -2.58. The zero-order chi connectivity index (χ0) is 18.1. The SMILES string of the molecule is Cc1ccccc1C(=O)N1CCN(c2cccc(Cl)c2C)C(=O)[C@H]1C. The van der Waals surface area contributed by atoms with E-state index in [1.54, 1.807) is 16.7 Å². The summed E-state index contributed by atoms with van der Waals surface area (Å²) in [4.78, 5) is 29.2. The predicted molar refractivity (Wildman–Crippen MR) is 100 cm³/mol. The van der Waals surface area contributed by atoms with Crippen LogP contribution in [0.1, 0.15) is 28.4 Å². The second-order valence-electron chi connectivity index (χ2n) is 6.36. The van der Waals surface area contributed by atoms with Gasteiger partial charge in [0.05, 0.1) is 0 Å². The molecule has 0 bridgehead atoms. The van der Waals surface area contributed by atoms with E-state index in [2.05, 4.69) is 0 Å². The van der Waals surface area contributed by atoms with Crippen molar-refractivity contribution in [2.24, 2.45) is 0 Å². The highest BCUT2D eigenvalue weighted by Gasteiger charge is 2.36. The van der Waals surface area contributed by atoms with Crippen molar-refractivity contribution in [2.75, 3.05) is 18.0 Å². The minimum atomic E-state index is -0.515. The number of anilines is 1. The van der Waals surface area contributed by atoms with E-state index >= 15 is 0 Å². The number of nitrogens with zero attached hydrogens (tertiary/aromatic N) is 2. The molecule has 2 aromatic carbocycles. The second kappa shape index (κ2) is 6.89. The van der Waals surface area contributed by atoms with Crippen LogP contribution in [0.3, 0.4) is 0 Å². The number of piperazine rings is 1. The summed E-state index contributed by atoms with van der Waals surface area (Å²) in [5.74, 6) is -0.181. The van der Waals surface area contributed by atoms with Crippen LogP contribution in [0.5, 0.6) is 0 Å². The summed E-state index contributed by atoms with van der Waals surface area (Å²) in [6.45, 7) is 6.55. The molecule has 0 aliphatic carbocycles. The van der Waals surface area contributed by atoms with Crippen LogP contribution in [0, 0.1) is 13.8 Å². The molecule has 1 heterocycles. The highest BCUT2D eigenvalue weighted by atomic mass is 35.5. The van der Waals surface area contributed by atoms with E-state index in [0.29, 0.717) is 23.7 Å². The second-order valence-corrected chi connectivity index (χ2v) is 6.77. The van der Waals surface area contributed by atoms with E-state index in [0.717, 1.165) is 16.8 Å². The lowest BCUT2D eigenvalue weighted by Gasteiger charge is -2.39. The van der Waals surface area contributed by atoms with Gasteiger partial charge in [0.15, 0.2) is 0 Å². The first-order valence-electron chi connectivity index (χ1n) is 8.35. The van der Waals surface area contributed by atoms with Crippen molar-refractivity contribution in [2.45, 2.75) is 26.8 Å². The van der Waals surface area contributed by atoms with Crippen molar-refractivity contribution in [1.82, 2.24) is 4.90 Å². The largest absolute Gasteiger partial charge is 0.325 e. The maximum absolute atomic E-state index is 12.9. The van der Waals surface area contributed by atoms with Crippen molar-refractivity contribution >= 4 is 29.1 Å². The first kappa shape index (κ1) is 17.5. The van der Waals surface area contributed by atoms with Crippen molar-refractivity contribution in [1.29, 1.82) is 0 Å². The molecule has 1 fully saturated rings. The highest BCUT2D eigenvalue weighted by molar-refractivity contribution is 6.31. The molecule has 1 saturated heterocycles. The van der Waals surface area contributed by atoms with Gasteiger partial charge in [-0.25, -0.2) is 0 Å². The number of carbonyl (C=O) groups is 2. The number of halogens is 1. The monoisotopic (exact) mass is 356 g/mol. The lowest BCUT2D eigenvalue weighted by atomic mass is 10.0. The Labute approximate surface area is 153 Å². The van der Waals surface area contributed by atoms with E-state index in [1.807, 2.05) is 56.3 Å². The van der Waals surface area contributed by atoms with Gasteiger partial charge in [0, 0.05) is 29.4 Å². The molecule has 1 aliphatic heterocycles. The maximum atomic E-state index is 12.9. The molecule has 0 saturated carbocycles. The number of amides is 2. The van der Waals surface area contributed by atoms with Crippen LogP contribution in [-0.4, -0.2) is 35.8 Å². The highest BCUT2D eigenvalue weighted by Crippen LogP contribution is 2.29. The molecule has 0 radical (unpaired) electrons. The van der Waals surface area contributed by atoms with Gasteiger partial charge in [-0.1, -0.05) is 35.9 Å². The Morgan fingerprint density at radius 3 is 2.52 bits per heavy atom. The van der Waals surface area contributed by atoms with E-state index < -0.39 is 6.04 Å². The molecule has 4 nitrogen and oxygen atoms in total. The maximum Gasteiger partial charge on any atom is 0.254 e. The molecular formula is C20H21ClN2O2. The smallest absolute Gasteiger partial charge is 0.254 e. The molecule has 3 rings (SSSR count). The summed E-state index contributed by atoms with van der Waals surface area (Å²) in [5, 5.41) is 0.636. The minimum Gasteiger partial charge on any atom is -0.325 e. The number of benzene rings is 2. The third-order valence-electron chi connectivity index (χ3n) is 4.82. The molecule has 1 aliphatic rings. The van der Waals surface area contributed by atoms with Crippen LogP contribution in [-0.2, 0) is 4.79 Å². The fourth-order valence-corrected chi connectivity index (χ4v) is 3.41. The quantitative estimate of drug-likeness (QED) is 0.820. The van der Waals surface area contributed by atoms with E-state index in [4.69, 9.17) is 11.6 Å². The molecule has 25 heavy (non-hydrogen) atoms. The summed E-state index contributed by atoms with van der Waals surface area (Å²) in [6.07, 6.45) is 0. The standard InChI is InChI=1S/C20H21ClN2O2/c1-13-7-4-5-8-16(13)20(25)22-11-12-23(19(24)15(22)3)18-10-6-9-17(21)14(18)2/h4-10,15H,11-12H2,1-3H3/t15-/m1/s1. The van der Waals surface area contributed by atoms with E-state index in [-0.39, 0.29) is 11.8 Å². The van der Waals surface area contributed by atoms with Gasteiger partial charge < -0.3 is 9.80 Å². The van der Waals surface area contributed by atoms with Crippen molar-refractivity contribution in [3.05, 3.63) is 64.2 Å². The Morgan fingerprint density at radius 1 is 1.08 bits per heavy atom. The van der Waals surface area contributed by atoms with Crippen LogP contribution in [0.4, 0.5) is 5.69 Å². The Balaban J connectivity index is 1.86. The summed E-state index contributed by atoms with van der Waals surface area (Å²) in [5.41, 5.74) is 3.26. The number of hydrogen-bond donors (Lipinski definition) is 0. The summed E-state index contributed by atoms with van der Waals surface area (Å²) < 4.78 is 0. The fraction of sp³-hybridized carbons (Fsp3) is 0.300. The molecule has 0 unspecified atom stereocenters. The molecule has 1 atom stereocenters. The minimum absolute atomic E-state index is 0.0847. The molecule has 130 valence electrons. The average molecular weight is 357 g/mol. The molecule has 2 amide bonds. The van der Waals surface area contributed by atoms with Crippen molar-refractivity contribution in [3.8, 4) is 0 Å². The zero-order valence-corrected chi connectivity index (χ0v) is 15.4. The van der Waals surface area contributed by atoms with Crippen LogP contribution in [0.2, 0.25) is 5.02 Å². The third-order valence-corrected chi connectivity index (χ3v) is 5.23. The van der Waals surface area contributed by atoms with Gasteiger partial charge in [-0.05, 0) is 50.1 Å². The van der Waals surface area contributed by atoms with Gasteiger partial charge in [-0.15, -0.1) is 0 Å². The molecule has 0 spiro atoms. The van der Waals surface area contributed by atoms with Gasteiger partial charge in [0.1, 0.15) is 6.04 Å². The number of hydrogen-bond acceptors (Lipinski definition) is 2. The third kappa shape index (κ3) is 3.14. The van der Waals surface area contributed by atoms with Gasteiger partial charge in [0.25, 0.3) is 5.91 Å². The Kier molecular flexibility index (Phi) is 4.82. The van der Waals surface area contributed by atoms with Gasteiger partial charge in [0.2, 0.25) is 5.91 Å². The molecule has 0 N–H and O–H groups in total. The lowest BCUT2D eigenvalue weighted by molar-refractivity contribution is -0.124. The van der Waals surface area contributed by atoms with Crippen LogP contribution < -0.4 is 4.90 Å². The van der Waals surface area contributed by atoms with Crippen LogP contribution in [0.15, 0.2) is 42.5 Å².